The second-order valence-electron chi connectivity index (χ2n) is 3.72. The SMILES string of the molecule is CC1(Nc2cccnn2)CCNC1. The number of aromatic nitrogens is 2. The molecule has 4 heteroatoms. The van der Waals surface area contributed by atoms with Crippen LogP contribution in [-0.2, 0) is 0 Å². The number of hydrogen-bond donors (Lipinski definition) is 2. The van der Waals surface area contributed by atoms with Gasteiger partial charge in [-0.05, 0) is 32.0 Å². The summed E-state index contributed by atoms with van der Waals surface area (Å²) in [6, 6.07) is 3.83. The summed E-state index contributed by atoms with van der Waals surface area (Å²) in [6.45, 7) is 4.26. The molecule has 13 heavy (non-hydrogen) atoms. The highest BCUT2D eigenvalue weighted by molar-refractivity contribution is 5.36. The lowest BCUT2D eigenvalue weighted by Crippen LogP contribution is -2.37. The lowest BCUT2D eigenvalue weighted by atomic mass is 10.0. The summed E-state index contributed by atoms with van der Waals surface area (Å²) in [7, 11) is 0. The molecule has 4 nitrogen and oxygen atoms in total. The van der Waals surface area contributed by atoms with E-state index in [1.54, 1.807) is 6.20 Å². The molecule has 0 radical (unpaired) electrons. The van der Waals surface area contributed by atoms with Gasteiger partial charge in [-0.1, -0.05) is 0 Å². The van der Waals surface area contributed by atoms with Crippen LogP contribution in [0.4, 0.5) is 5.82 Å². The summed E-state index contributed by atoms with van der Waals surface area (Å²) in [5.41, 5.74) is 0.135. The lowest BCUT2D eigenvalue weighted by Gasteiger charge is -2.24. The number of hydrogen-bond acceptors (Lipinski definition) is 4. The minimum atomic E-state index is 0.135. The van der Waals surface area contributed by atoms with Crippen LogP contribution < -0.4 is 10.6 Å². The van der Waals surface area contributed by atoms with Crippen LogP contribution in [0.5, 0.6) is 0 Å². The smallest absolute Gasteiger partial charge is 0.149 e. The Balaban J connectivity index is 2.05. The molecule has 1 atom stereocenters. The monoisotopic (exact) mass is 178 g/mol. The van der Waals surface area contributed by atoms with E-state index in [0.717, 1.165) is 25.3 Å². The number of anilines is 1. The first-order chi connectivity index (χ1) is 6.29. The van der Waals surface area contributed by atoms with Crippen molar-refractivity contribution < 1.29 is 0 Å². The summed E-state index contributed by atoms with van der Waals surface area (Å²) in [5.74, 6) is 0.855. The highest BCUT2D eigenvalue weighted by Gasteiger charge is 2.28. The Bertz CT molecular complexity index is 266. The molecule has 0 aromatic carbocycles. The van der Waals surface area contributed by atoms with Crippen molar-refractivity contribution in [1.29, 1.82) is 0 Å². The fourth-order valence-corrected chi connectivity index (χ4v) is 1.60. The largest absolute Gasteiger partial charge is 0.362 e. The maximum Gasteiger partial charge on any atom is 0.149 e. The van der Waals surface area contributed by atoms with Gasteiger partial charge in [0, 0.05) is 18.3 Å². The summed E-state index contributed by atoms with van der Waals surface area (Å²) in [6.07, 6.45) is 2.81. The van der Waals surface area contributed by atoms with Crippen molar-refractivity contribution in [2.45, 2.75) is 18.9 Å². The summed E-state index contributed by atoms with van der Waals surface area (Å²) < 4.78 is 0. The first kappa shape index (κ1) is 8.44. The minimum absolute atomic E-state index is 0.135. The first-order valence-electron chi connectivity index (χ1n) is 4.55. The average molecular weight is 178 g/mol. The molecule has 0 bridgehead atoms. The highest BCUT2D eigenvalue weighted by atomic mass is 15.2. The van der Waals surface area contributed by atoms with Gasteiger partial charge in [-0.25, -0.2) is 0 Å². The molecule has 0 saturated carbocycles. The van der Waals surface area contributed by atoms with Gasteiger partial charge in [-0.3, -0.25) is 0 Å². The van der Waals surface area contributed by atoms with Crippen molar-refractivity contribution in [3.63, 3.8) is 0 Å². The van der Waals surface area contributed by atoms with E-state index in [1.807, 2.05) is 12.1 Å². The second-order valence-corrected chi connectivity index (χ2v) is 3.72. The zero-order valence-electron chi connectivity index (χ0n) is 7.75. The van der Waals surface area contributed by atoms with Gasteiger partial charge < -0.3 is 10.6 Å². The van der Waals surface area contributed by atoms with Crippen LogP contribution >= 0.6 is 0 Å². The van der Waals surface area contributed by atoms with E-state index in [0.29, 0.717) is 0 Å². The minimum Gasteiger partial charge on any atom is -0.362 e. The second kappa shape index (κ2) is 3.30. The molecule has 0 aliphatic carbocycles. The molecular weight excluding hydrogens is 164 g/mol. The van der Waals surface area contributed by atoms with Crippen LogP contribution in [0.1, 0.15) is 13.3 Å². The summed E-state index contributed by atoms with van der Waals surface area (Å²) >= 11 is 0. The molecule has 1 fully saturated rings. The average Bonchev–Trinajstić information content (AvgIpc) is 2.54. The van der Waals surface area contributed by atoms with Crippen LogP contribution in [0, 0.1) is 0 Å². The van der Waals surface area contributed by atoms with Gasteiger partial charge in [0.05, 0.1) is 0 Å². The third-order valence-electron chi connectivity index (χ3n) is 2.37. The molecule has 1 saturated heterocycles. The van der Waals surface area contributed by atoms with E-state index in [9.17, 15) is 0 Å². The van der Waals surface area contributed by atoms with Crippen molar-refractivity contribution in [3.05, 3.63) is 18.3 Å². The summed E-state index contributed by atoms with van der Waals surface area (Å²) in [5, 5.41) is 14.5. The zero-order valence-corrected chi connectivity index (χ0v) is 7.75. The molecular formula is C9H14N4. The molecule has 2 heterocycles. The zero-order chi connectivity index (χ0) is 9.15. The van der Waals surface area contributed by atoms with Crippen LogP contribution in [-0.4, -0.2) is 28.8 Å². The maximum atomic E-state index is 4.00. The summed E-state index contributed by atoms with van der Waals surface area (Å²) in [4.78, 5) is 0. The number of nitrogens with one attached hydrogen (secondary N) is 2. The van der Waals surface area contributed by atoms with E-state index in [4.69, 9.17) is 0 Å². The molecule has 0 spiro atoms. The van der Waals surface area contributed by atoms with Gasteiger partial charge >= 0.3 is 0 Å². The van der Waals surface area contributed by atoms with E-state index in [1.165, 1.54) is 0 Å². The van der Waals surface area contributed by atoms with Gasteiger partial charge in [0.2, 0.25) is 0 Å². The Labute approximate surface area is 77.8 Å². The third-order valence-corrected chi connectivity index (χ3v) is 2.37. The van der Waals surface area contributed by atoms with Crippen molar-refractivity contribution in [2.75, 3.05) is 18.4 Å². The van der Waals surface area contributed by atoms with Crippen molar-refractivity contribution in [2.24, 2.45) is 0 Å². The Kier molecular flexibility index (Phi) is 2.14. The van der Waals surface area contributed by atoms with Crippen molar-refractivity contribution >= 4 is 5.82 Å². The fourth-order valence-electron chi connectivity index (χ4n) is 1.60. The molecule has 0 amide bonds. The first-order valence-corrected chi connectivity index (χ1v) is 4.55. The van der Waals surface area contributed by atoms with Crippen LogP contribution in [0.15, 0.2) is 18.3 Å². The standard InChI is InChI=1S/C9H14N4/c1-9(4-6-10-7-9)12-8-3-2-5-11-13-8/h2-3,5,10H,4,6-7H2,1H3,(H,12,13). The van der Waals surface area contributed by atoms with Crippen LogP contribution in [0.25, 0.3) is 0 Å². The van der Waals surface area contributed by atoms with Gasteiger partial charge in [0.15, 0.2) is 0 Å². The van der Waals surface area contributed by atoms with Crippen LogP contribution in [0.3, 0.4) is 0 Å². The number of nitrogens with zero attached hydrogens (tertiary/aromatic N) is 2. The molecule has 2 rings (SSSR count). The Morgan fingerprint density at radius 2 is 2.54 bits per heavy atom. The third kappa shape index (κ3) is 1.95. The van der Waals surface area contributed by atoms with Crippen molar-refractivity contribution in [3.8, 4) is 0 Å². The molecule has 2 N–H and O–H groups in total. The lowest BCUT2D eigenvalue weighted by molar-refractivity contribution is 0.563. The molecule has 1 aromatic rings. The topological polar surface area (TPSA) is 49.8 Å². The molecule has 1 aromatic heterocycles. The number of rotatable bonds is 2. The Morgan fingerprint density at radius 1 is 1.62 bits per heavy atom. The Morgan fingerprint density at radius 3 is 3.15 bits per heavy atom. The maximum absolute atomic E-state index is 4.00. The van der Waals surface area contributed by atoms with Crippen molar-refractivity contribution in [1.82, 2.24) is 15.5 Å². The quantitative estimate of drug-likeness (QED) is 0.697. The van der Waals surface area contributed by atoms with E-state index in [-0.39, 0.29) is 5.54 Å². The van der Waals surface area contributed by atoms with Gasteiger partial charge in [0.1, 0.15) is 5.82 Å². The molecule has 1 aliphatic heterocycles. The van der Waals surface area contributed by atoms with Gasteiger partial charge in [-0.2, -0.15) is 5.10 Å². The van der Waals surface area contributed by atoms with Gasteiger partial charge in [0.25, 0.3) is 0 Å². The predicted molar refractivity (Wildman–Crippen MR) is 51.5 cm³/mol. The normalized spacial score (nSPS) is 27.5. The Hall–Kier alpha value is -1.16. The molecule has 1 unspecified atom stereocenters. The molecule has 1 aliphatic rings. The predicted octanol–water partition coefficient (Wildman–Crippen LogP) is 0.640. The van der Waals surface area contributed by atoms with Gasteiger partial charge in [-0.15, -0.1) is 5.10 Å². The molecule has 70 valence electrons. The van der Waals surface area contributed by atoms with Crippen LogP contribution in [0.2, 0.25) is 0 Å². The van der Waals surface area contributed by atoms with E-state index < -0.39 is 0 Å². The highest BCUT2D eigenvalue weighted by Crippen LogP contribution is 2.18. The van der Waals surface area contributed by atoms with E-state index in [2.05, 4.69) is 27.8 Å². The fraction of sp³-hybridized carbons (Fsp3) is 0.556. The van der Waals surface area contributed by atoms with E-state index >= 15 is 0 Å².